The van der Waals surface area contributed by atoms with Crippen molar-refractivity contribution in [2.45, 2.75) is 26.7 Å². The van der Waals surface area contributed by atoms with Crippen molar-refractivity contribution in [3.63, 3.8) is 0 Å². The highest BCUT2D eigenvalue weighted by Crippen LogP contribution is 2.40. The molecule has 0 N–H and O–H groups in total. The number of benzene rings is 7. The molecule has 0 saturated carbocycles. The summed E-state index contributed by atoms with van der Waals surface area (Å²) < 4.78 is 8.92. The highest BCUT2D eigenvalue weighted by atomic mass is 16.3. The minimum Gasteiger partial charge on any atom is -0.456 e. The molecule has 0 bridgehead atoms. The molecule has 0 spiro atoms. The molecule has 0 aliphatic heterocycles. The maximum Gasteiger partial charge on any atom is 0.160 e. The van der Waals surface area contributed by atoms with Crippen LogP contribution in [0.2, 0.25) is 0 Å². The zero-order chi connectivity index (χ0) is 39.0. The minimum absolute atomic E-state index is 0.687. The summed E-state index contributed by atoms with van der Waals surface area (Å²) in [6.45, 7) is 4.00. The molecule has 4 nitrogen and oxygen atoms in total. The molecule has 1 aliphatic carbocycles. The van der Waals surface area contributed by atoms with E-state index < -0.39 is 0 Å². The standard InChI is InChI=1S/C52H35N3O.C2H6/c1-4-14-34(15-5-1)45-33-46(35-16-6-2-7-17-35)54-52(53-45)39-19-12-18-38(30-39)41-23-13-25-50-51(41)44-32-37(27-29-49(44)56-50)36-26-28-48-43(31-36)42-22-10-11-24-47(42)55(48)40-20-8-3-9-21-40;1-2/h1-9,12-33H,10-11H2;1-2H3. The smallest absolute Gasteiger partial charge is 0.160 e. The van der Waals surface area contributed by atoms with Crippen LogP contribution in [0, 0.1) is 0 Å². The van der Waals surface area contributed by atoms with Gasteiger partial charge in [0.1, 0.15) is 11.2 Å². The fourth-order valence-electron chi connectivity index (χ4n) is 8.40. The van der Waals surface area contributed by atoms with Crippen molar-refractivity contribution in [2.75, 3.05) is 0 Å². The molecule has 0 atom stereocenters. The van der Waals surface area contributed by atoms with Gasteiger partial charge in [0.25, 0.3) is 0 Å². The van der Waals surface area contributed by atoms with Crippen LogP contribution in [0.25, 0.3) is 107 Å². The third kappa shape index (κ3) is 6.20. The van der Waals surface area contributed by atoms with Crippen molar-refractivity contribution >= 4 is 45.0 Å². The lowest BCUT2D eigenvalue weighted by atomic mass is 9.96. The summed E-state index contributed by atoms with van der Waals surface area (Å²) >= 11 is 0. The Bertz CT molecular complexity index is 3180. The molecule has 0 radical (unpaired) electrons. The predicted octanol–water partition coefficient (Wildman–Crippen LogP) is 13.0. The zero-order valence-corrected chi connectivity index (χ0v) is 32.6. The summed E-state index contributed by atoms with van der Waals surface area (Å²) in [5, 5.41) is 6.08. The molecule has 58 heavy (non-hydrogen) atoms. The van der Waals surface area contributed by atoms with E-state index in [1.165, 1.54) is 32.7 Å². The Morgan fingerprint density at radius 1 is 0.466 bits per heavy atom. The monoisotopic (exact) mass is 747 g/mol. The molecule has 0 fully saturated rings. The third-order valence-electron chi connectivity index (χ3n) is 11.0. The molecule has 7 aromatic carbocycles. The summed E-state index contributed by atoms with van der Waals surface area (Å²) in [5.74, 6) is 0.687. The second-order valence-electron chi connectivity index (χ2n) is 14.5. The highest BCUT2D eigenvalue weighted by Gasteiger charge is 2.17. The lowest BCUT2D eigenvalue weighted by molar-refractivity contribution is 0.669. The van der Waals surface area contributed by atoms with Crippen LogP contribution in [-0.4, -0.2) is 14.5 Å². The molecule has 3 aromatic heterocycles. The van der Waals surface area contributed by atoms with Crippen molar-refractivity contribution in [3.05, 3.63) is 186 Å². The van der Waals surface area contributed by atoms with E-state index in [0.29, 0.717) is 5.82 Å². The summed E-state index contributed by atoms with van der Waals surface area (Å²) in [6, 6.07) is 61.8. The van der Waals surface area contributed by atoms with E-state index >= 15 is 0 Å². The molecule has 3 heterocycles. The van der Waals surface area contributed by atoms with Crippen LogP contribution in [-0.2, 0) is 0 Å². The Labute approximate surface area is 337 Å². The van der Waals surface area contributed by atoms with Gasteiger partial charge < -0.3 is 8.98 Å². The maximum absolute atomic E-state index is 6.51. The van der Waals surface area contributed by atoms with Gasteiger partial charge in [0, 0.05) is 49.1 Å². The summed E-state index contributed by atoms with van der Waals surface area (Å²) in [4.78, 5) is 10.2. The molecular weight excluding hydrogens is 707 g/mol. The minimum atomic E-state index is 0.687. The van der Waals surface area contributed by atoms with Gasteiger partial charge in [-0.2, -0.15) is 0 Å². The molecule has 278 valence electrons. The first-order chi connectivity index (χ1) is 28.7. The lowest BCUT2D eigenvalue weighted by Crippen LogP contribution is -2.30. The quantitative estimate of drug-likeness (QED) is 0.170. The zero-order valence-electron chi connectivity index (χ0n) is 32.6. The Balaban J connectivity index is 0.00000201. The largest absolute Gasteiger partial charge is 0.456 e. The van der Waals surface area contributed by atoms with Crippen molar-refractivity contribution < 1.29 is 4.42 Å². The van der Waals surface area contributed by atoms with E-state index in [9.17, 15) is 0 Å². The average Bonchev–Trinajstić information content (AvgIpc) is 3.86. The van der Waals surface area contributed by atoms with Gasteiger partial charge in [0.15, 0.2) is 5.82 Å². The second-order valence-corrected chi connectivity index (χ2v) is 14.5. The number of furan rings is 1. The number of nitrogens with zero attached hydrogens (tertiary/aromatic N) is 3. The summed E-state index contributed by atoms with van der Waals surface area (Å²) in [7, 11) is 0. The topological polar surface area (TPSA) is 43.9 Å². The van der Waals surface area contributed by atoms with E-state index in [0.717, 1.165) is 79.5 Å². The maximum atomic E-state index is 6.51. The first-order valence-electron chi connectivity index (χ1n) is 20.2. The molecule has 4 heteroatoms. The Morgan fingerprint density at radius 2 is 1.07 bits per heavy atom. The van der Waals surface area contributed by atoms with Crippen LogP contribution in [0.1, 0.15) is 26.7 Å². The molecular formula is C54H41N3O. The fourth-order valence-corrected chi connectivity index (χ4v) is 8.40. The van der Waals surface area contributed by atoms with Crippen LogP contribution in [0.4, 0.5) is 0 Å². The van der Waals surface area contributed by atoms with Crippen molar-refractivity contribution in [1.29, 1.82) is 0 Å². The number of para-hydroxylation sites is 1. The number of fused-ring (bicyclic) bond motifs is 6. The summed E-state index contributed by atoms with van der Waals surface area (Å²) in [5.41, 5.74) is 13.5. The van der Waals surface area contributed by atoms with Gasteiger partial charge in [-0.05, 0) is 89.7 Å². The van der Waals surface area contributed by atoms with Gasteiger partial charge >= 0.3 is 0 Å². The average molecular weight is 748 g/mol. The lowest BCUT2D eigenvalue weighted by Gasteiger charge is -2.11. The highest BCUT2D eigenvalue weighted by molar-refractivity contribution is 6.13. The van der Waals surface area contributed by atoms with Gasteiger partial charge in [0.2, 0.25) is 0 Å². The Hall–Kier alpha value is -7.30. The normalized spacial score (nSPS) is 12.1. The van der Waals surface area contributed by atoms with Gasteiger partial charge in [-0.1, -0.05) is 147 Å². The van der Waals surface area contributed by atoms with E-state index in [-0.39, 0.29) is 0 Å². The SMILES string of the molecule is C1=c2c(n(-c3ccccc3)c3ccc(-c4ccc5oc6cccc(-c7cccc(-c8nc(-c9ccccc9)cc(-c9ccccc9)n8)c7)c6c5c4)cc23)=CCC1.CC. The fraction of sp³-hybridized carbons (Fsp3) is 0.0741. The number of rotatable bonds is 6. The van der Waals surface area contributed by atoms with Gasteiger partial charge in [0.05, 0.1) is 16.9 Å². The number of hydrogen-bond donors (Lipinski definition) is 0. The van der Waals surface area contributed by atoms with E-state index in [2.05, 4.69) is 156 Å². The van der Waals surface area contributed by atoms with Crippen LogP contribution in [0.3, 0.4) is 0 Å². The van der Waals surface area contributed by atoms with Crippen LogP contribution < -0.4 is 10.6 Å². The third-order valence-corrected chi connectivity index (χ3v) is 11.0. The van der Waals surface area contributed by atoms with Crippen LogP contribution in [0.15, 0.2) is 180 Å². The first-order valence-corrected chi connectivity index (χ1v) is 20.2. The molecule has 0 amide bonds. The molecule has 0 saturated heterocycles. The Morgan fingerprint density at radius 3 is 1.79 bits per heavy atom. The van der Waals surface area contributed by atoms with E-state index in [1.54, 1.807) is 0 Å². The Kier molecular flexibility index (Phi) is 9.08. The number of aromatic nitrogens is 3. The van der Waals surface area contributed by atoms with E-state index in [1.807, 2.05) is 50.2 Å². The molecule has 0 unspecified atom stereocenters. The van der Waals surface area contributed by atoms with Gasteiger partial charge in [-0.3, -0.25) is 0 Å². The van der Waals surface area contributed by atoms with Crippen molar-refractivity contribution in [2.24, 2.45) is 0 Å². The predicted molar refractivity (Wildman–Crippen MR) is 242 cm³/mol. The summed E-state index contributed by atoms with van der Waals surface area (Å²) in [6.07, 6.45) is 6.90. The number of hydrogen-bond acceptors (Lipinski definition) is 3. The molecule has 1 aliphatic rings. The van der Waals surface area contributed by atoms with Crippen LogP contribution >= 0.6 is 0 Å². The second kappa shape index (κ2) is 15.0. The molecule has 10 aromatic rings. The van der Waals surface area contributed by atoms with Gasteiger partial charge in [-0.15, -0.1) is 0 Å². The molecule has 11 rings (SSSR count). The van der Waals surface area contributed by atoms with Gasteiger partial charge in [-0.25, -0.2) is 9.97 Å². The van der Waals surface area contributed by atoms with E-state index in [4.69, 9.17) is 14.4 Å². The van der Waals surface area contributed by atoms with Crippen molar-refractivity contribution in [1.82, 2.24) is 14.5 Å². The first kappa shape index (κ1) is 35.1. The van der Waals surface area contributed by atoms with Crippen LogP contribution in [0.5, 0.6) is 0 Å². The van der Waals surface area contributed by atoms with Crippen molar-refractivity contribution in [3.8, 4) is 61.8 Å².